The van der Waals surface area contributed by atoms with Crippen molar-refractivity contribution in [1.82, 2.24) is 19.6 Å². The molecule has 0 atom stereocenters. The van der Waals surface area contributed by atoms with E-state index in [1.54, 1.807) is 75.4 Å². The molecule has 0 amide bonds. The Bertz CT molecular complexity index is 1470. The van der Waals surface area contributed by atoms with Gasteiger partial charge in [-0.3, -0.25) is 0 Å². The maximum atomic E-state index is 12.0. The van der Waals surface area contributed by atoms with Gasteiger partial charge in [0.1, 0.15) is 34.0 Å². The minimum atomic E-state index is -0.390. The molecule has 0 aliphatic heterocycles. The molecule has 0 unspecified atom stereocenters. The van der Waals surface area contributed by atoms with Gasteiger partial charge in [0.25, 0.3) is 0 Å². The molecule has 4 rings (SSSR count). The summed E-state index contributed by atoms with van der Waals surface area (Å²) in [6, 6.07) is 14.4. The minimum absolute atomic E-state index is 0.114. The van der Waals surface area contributed by atoms with Crippen LogP contribution in [0.1, 0.15) is 57.3 Å². The van der Waals surface area contributed by atoms with Gasteiger partial charge in [0.15, 0.2) is 0 Å². The number of hydrogen-bond acceptors (Lipinski definition) is 8. The number of aromatic nitrogens is 4. The standard InChI is InChI=1S/C15H18N2O3.C14H16N2O3/c1-5-20-15(18)14-10(2)16-17(11(14)3)12-8-6-7-9-13(12)19-4;1-4-19-14(18)13-9(2)15-16(10(13)3)11-7-5-6-8-12(11)17/h6-9H,5H2,1-4H3;5-8,17H,4H2,1-3H3. The minimum Gasteiger partial charge on any atom is -0.506 e. The number of carbonyl (C=O) groups is 2. The molecule has 0 aliphatic rings. The molecular weight excluding hydrogens is 500 g/mol. The highest BCUT2D eigenvalue weighted by molar-refractivity contribution is 5.92. The molecule has 0 aliphatic carbocycles. The highest BCUT2D eigenvalue weighted by atomic mass is 16.5. The predicted molar refractivity (Wildman–Crippen MR) is 146 cm³/mol. The number of rotatable bonds is 7. The van der Waals surface area contributed by atoms with Crippen molar-refractivity contribution in [3.63, 3.8) is 0 Å². The summed E-state index contributed by atoms with van der Waals surface area (Å²) in [5.74, 6) is 0.0832. The summed E-state index contributed by atoms with van der Waals surface area (Å²) in [6.07, 6.45) is 0. The van der Waals surface area contributed by atoms with Gasteiger partial charge in [-0.15, -0.1) is 0 Å². The third-order valence-electron chi connectivity index (χ3n) is 5.97. The quantitative estimate of drug-likeness (QED) is 0.328. The SMILES string of the molecule is CCOC(=O)c1c(C)nn(-c2ccccc2O)c1C.CCOC(=O)c1c(C)nn(-c2ccccc2OC)c1C. The van der Waals surface area contributed by atoms with Crippen LogP contribution in [0.15, 0.2) is 48.5 Å². The highest BCUT2D eigenvalue weighted by Gasteiger charge is 2.22. The molecular formula is C29H34N4O6. The Kier molecular flexibility index (Phi) is 9.48. The van der Waals surface area contributed by atoms with Crippen LogP contribution in [0.5, 0.6) is 11.5 Å². The number of esters is 2. The van der Waals surface area contributed by atoms with E-state index in [1.807, 2.05) is 31.2 Å². The normalized spacial score (nSPS) is 10.4. The number of ether oxygens (including phenoxy) is 3. The molecule has 1 N–H and O–H groups in total. The summed E-state index contributed by atoms with van der Waals surface area (Å²) in [6.45, 7) is 11.4. The number of aryl methyl sites for hydroxylation is 2. The van der Waals surface area contributed by atoms with Crippen molar-refractivity contribution in [1.29, 1.82) is 0 Å². The van der Waals surface area contributed by atoms with Crippen molar-refractivity contribution < 1.29 is 28.9 Å². The van der Waals surface area contributed by atoms with Gasteiger partial charge in [-0.05, 0) is 65.8 Å². The second-order valence-electron chi connectivity index (χ2n) is 8.52. The van der Waals surface area contributed by atoms with Crippen LogP contribution < -0.4 is 4.74 Å². The van der Waals surface area contributed by atoms with E-state index in [4.69, 9.17) is 14.2 Å². The number of methoxy groups -OCH3 is 1. The molecule has 0 saturated heterocycles. The van der Waals surface area contributed by atoms with Crippen LogP contribution in [-0.2, 0) is 9.47 Å². The monoisotopic (exact) mass is 534 g/mol. The molecule has 2 aromatic carbocycles. The molecule has 10 heteroatoms. The molecule has 0 fully saturated rings. The third kappa shape index (κ3) is 6.11. The van der Waals surface area contributed by atoms with Crippen molar-refractivity contribution >= 4 is 11.9 Å². The molecule has 4 aromatic rings. The van der Waals surface area contributed by atoms with Gasteiger partial charge < -0.3 is 19.3 Å². The Hall–Kier alpha value is -4.60. The van der Waals surface area contributed by atoms with E-state index in [0.29, 0.717) is 52.9 Å². The number of phenolic OH excluding ortho intramolecular Hbond substituents is 1. The van der Waals surface area contributed by atoms with Gasteiger partial charge >= 0.3 is 11.9 Å². The van der Waals surface area contributed by atoms with Gasteiger partial charge in [-0.1, -0.05) is 24.3 Å². The second kappa shape index (κ2) is 12.8. The van der Waals surface area contributed by atoms with E-state index in [1.165, 1.54) is 0 Å². The summed E-state index contributed by atoms with van der Waals surface area (Å²) in [5.41, 5.74) is 4.92. The molecule has 2 aromatic heterocycles. The van der Waals surface area contributed by atoms with Crippen molar-refractivity contribution in [2.75, 3.05) is 20.3 Å². The van der Waals surface area contributed by atoms with Gasteiger partial charge in [0, 0.05) is 0 Å². The first-order valence-corrected chi connectivity index (χ1v) is 12.5. The Balaban J connectivity index is 0.000000216. The number of aromatic hydroxyl groups is 1. The summed E-state index contributed by atoms with van der Waals surface area (Å²) in [5, 5.41) is 18.6. The lowest BCUT2D eigenvalue weighted by Gasteiger charge is -2.10. The van der Waals surface area contributed by atoms with E-state index >= 15 is 0 Å². The van der Waals surface area contributed by atoms with Gasteiger partial charge in [0.2, 0.25) is 0 Å². The van der Waals surface area contributed by atoms with E-state index in [9.17, 15) is 14.7 Å². The van der Waals surface area contributed by atoms with Crippen LogP contribution in [0.25, 0.3) is 11.4 Å². The lowest BCUT2D eigenvalue weighted by Crippen LogP contribution is -2.08. The zero-order valence-electron chi connectivity index (χ0n) is 23.3. The maximum Gasteiger partial charge on any atom is 0.341 e. The number of nitrogens with zero attached hydrogens (tertiary/aromatic N) is 4. The zero-order chi connectivity index (χ0) is 28.7. The van der Waals surface area contributed by atoms with Crippen LogP contribution in [0.3, 0.4) is 0 Å². The summed E-state index contributed by atoms with van der Waals surface area (Å²) < 4.78 is 18.7. The average Bonchev–Trinajstić information content (AvgIpc) is 3.38. The summed E-state index contributed by atoms with van der Waals surface area (Å²) in [7, 11) is 1.61. The van der Waals surface area contributed by atoms with Gasteiger partial charge in [0.05, 0.1) is 43.1 Å². The molecule has 0 bridgehead atoms. The van der Waals surface area contributed by atoms with E-state index in [0.717, 1.165) is 11.4 Å². The number of benzene rings is 2. The Morgan fingerprint density at radius 2 is 1.18 bits per heavy atom. The lowest BCUT2D eigenvalue weighted by atomic mass is 10.2. The Labute approximate surface area is 227 Å². The topological polar surface area (TPSA) is 118 Å². The van der Waals surface area contributed by atoms with Crippen LogP contribution in [0, 0.1) is 27.7 Å². The lowest BCUT2D eigenvalue weighted by molar-refractivity contribution is 0.0514. The van der Waals surface area contributed by atoms with Crippen LogP contribution >= 0.6 is 0 Å². The average molecular weight is 535 g/mol. The van der Waals surface area contributed by atoms with Crippen molar-refractivity contribution in [3.8, 4) is 22.9 Å². The first kappa shape index (κ1) is 29.0. The Morgan fingerprint density at radius 1 is 0.744 bits per heavy atom. The number of para-hydroxylation sites is 4. The molecule has 10 nitrogen and oxygen atoms in total. The number of phenols is 1. The van der Waals surface area contributed by atoms with Crippen molar-refractivity contribution in [2.45, 2.75) is 41.5 Å². The van der Waals surface area contributed by atoms with Crippen molar-refractivity contribution in [3.05, 3.63) is 82.4 Å². The van der Waals surface area contributed by atoms with Gasteiger partial charge in [-0.25, -0.2) is 19.0 Å². The van der Waals surface area contributed by atoms with Crippen LogP contribution in [-0.4, -0.2) is 56.9 Å². The third-order valence-corrected chi connectivity index (χ3v) is 5.97. The largest absolute Gasteiger partial charge is 0.506 e. The highest BCUT2D eigenvalue weighted by Crippen LogP contribution is 2.26. The fourth-order valence-corrected chi connectivity index (χ4v) is 4.20. The first-order chi connectivity index (χ1) is 18.7. The Morgan fingerprint density at radius 3 is 1.64 bits per heavy atom. The molecule has 0 radical (unpaired) electrons. The number of hydrogen-bond donors (Lipinski definition) is 1. The summed E-state index contributed by atoms with van der Waals surface area (Å²) >= 11 is 0. The van der Waals surface area contributed by atoms with E-state index < -0.39 is 0 Å². The molecule has 0 spiro atoms. The predicted octanol–water partition coefficient (Wildman–Crippen LogP) is 5.05. The van der Waals surface area contributed by atoms with Crippen LogP contribution in [0.2, 0.25) is 0 Å². The summed E-state index contributed by atoms with van der Waals surface area (Å²) in [4.78, 5) is 23.9. The number of carbonyl (C=O) groups excluding carboxylic acids is 2. The van der Waals surface area contributed by atoms with Crippen molar-refractivity contribution in [2.24, 2.45) is 0 Å². The molecule has 206 valence electrons. The fraction of sp³-hybridized carbons (Fsp3) is 0.310. The zero-order valence-corrected chi connectivity index (χ0v) is 23.3. The van der Waals surface area contributed by atoms with E-state index in [2.05, 4.69) is 10.2 Å². The van der Waals surface area contributed by atoms with E-state index in [-0.39, 0.29) is 17.7 Å². The molecule has 39 heavy (non-hydrogen) atoms. The maximum absolute atomic E-state index is 12.0. The molecule has 2 heterocycles. The van der Waals surface area contributed by atoms with Crippen LogP contribution in [0.4, 0.5) is 0 Å². The first-order valence-electron chi connectivity index (χ1n) is 12.5. The smallest absolute Gasteiger partial charge is 0.341 e. The fourth-order valence-electron chi connectivity index (χ4n) is 4.20. The second-order valence-corrected chi connectivity index (χ2v) is 8.52. The van der Waals surface area contributed by atoms with Gasteiger partial charge in [-0.2, -0.15) is 10.2 Å². The molecule has 0 saturated carbocycles.